The average Bonchev–Trinajstić information content (AvgIpc) is 0. The molecule has 0 aromatic carbocycles. The molecule has 0 spiro atoms. The normalized spacial score (nSPS) is 0. The van der Waals surface area contributed by atoms with E-state index in [0.29, 0.717) is 0 Å². The second-order valence-corrected chi connectivity index (χ2v) is 0. The van der Waals surface area contributed by atoms with Crippen molar-refractivity contribution < 1.29 is 71.5 Å². The van der Waals surface area contributed by atoms with Gasteiger partial charge in [0.05, 0.1) is 0 Å². The molecule has 0 aliphatic rings. The Morgan fingerprint density at radius 2 is 0.750 bits per heavy atom. The molecule has 0 aromatic heterocycles. The molecule has 4 heavy (non-hydrogen) atoms. The van der Waals surface area contributed by atoms with Crippen LogP contribution in [-0.2, 0) is 13.5 Å². The predicted molar refractivity (Wildman–Crippen MR) is 8.76 cm³/mol. The van der Waals surface area contributed by atoms with E-state index in [0.717, 1.165) is 0 Å². The van der Waals surface area contributed by atoms with Gasteiger partial charge in [-0.3, -0.25) is 0 Å². The van der Waals surface area contributed by atoms with Crippen molar-refractivity contribution in [2.45, 2.75) is 0 Å². The Hall–Kier alpha value is 2.64. The molecule has 0 aliphatic carbocycles. The zero-order valence-corrected chi connectivity index (χ0v) is 8.48. The first kappa shape index (κ1) is 30.3. The van der Waals surface area contributed by atoms with E-state index in [2.05, 4.69) is 0 Å². The van der Waals surface area contributed by atoms with Crippen LogP contribution in [0.3, 0.4) is 0 Å². The first-order valence-corrected chi connectivity index (χ1v) is 0. The number of rotatable bonds is 0. The van der Waals surface area contributed by atoms with E-state index in [4.69, 9.17) is 0 Å². The summed E-state index contributed by atoms with van der Waals surface area (Å²) in [4.78, 5) is 0. The summed E-state index contributed by atoms with van der Waals surface area (Å²) in [7, 11) is 0. The van der Waals surface area contributed by atoms with E-state index in [1.54, 1.807) is 0 Å². The van der Waals surface area contributed by atoms with E-state index in [1.165, 1.54) is 0 Å². The van der Waals surface area contributed by atoms with Crippen LogP contribution < -0.4 is 71.5 Å². The molecular weight excluding hydrogens is 114 g/mol. The van der Waals surface area contributed by atoms with Gasteiger partial charge in [-0.2, -0.15) is 0 Å². The van der Waals surface area contributed by atoms with Gasteiger partial charge in [0.15, 0.2) is 0 Å². The van der Waals surface area contributed by atoms with Crippen LogP contribution in [0.1, 0.15) is 0 Å². The Bertz CT molecular complexity index is 6.00. The van der Waals surface area contributed by atoms with Gasteiger partial charge in [0.1, 0.15) is 0 Å². The van der Waals surface area contributed by atoms with Crippen molar-refractivity contribution in [3.05, 3.63) is 0 Å². The molecule has 0 radical (unpaired) electrons. The minimum Gasteiger partial charge on any atom is -1.00 e. The van der Waals surface area contributed by atoms with Crippen molar-refractivity contribution in [1.29, 1.82) is 0 Å². The Balaban J connectivity index is 0. The van der Waals surface area contributed by atoms with Gasteiger partial charge >= 0.3 is 59.1 Å². The van der Waals surface area contributed by atoms with Crippen LogP contribution in [0.5, 0.6) is 0 Å². The van der Waals surface area contributed by atoms with Crippen LogP contribution in [0.4, 0.5) is 0 Å². The Morgan fingerprint density at radius 1 is 0.750 bits per heavy atom. The summed E-state index contributed by atoms with van der Waals surface area (Å²) in [5, 5.41) is 0. The van der Waals surface area contributed by atoms with Crippen LogP contribution in [0.2, 0.25) is 0 Å². The first-order valence-electron chi connectivity index (χ1n) is 0. The number of halogens is 1. The third kappa shape index (κ3) is 8.82. The third-order valence-electron chi connectivity index (χ3n) is 0. The minimum absolute atomic E-state index is 0. The SMILES string of the molecule is [Cl-].[Na+].[Na+].[SH-]. The average molecular weight is 115 g/mol. The fourth-order valence-corrected chi connectivity index (χ4v) is 0. The molecule has 0 nitrogen and oxygen atoms in total. The van der Waals surface area contributed by atoms with Crippen LogP contribution in [0, 0.1) is 0 Å². The largest absolute Gasteiger partial charge is 1.00 e. The summed E-state index contributed by atoms with van der Waals surface area (Å²) >= 11 is 0. The molecule has 0 amide bonds. The zero-order chi connectivity index (χ0) is 0. The second kappa shape index (κ2) is 17.4. The molecule has 4 heteroatoms. The second-order valence-electron chi connectivity index (χ2n) is 0. The Kier molecular flexibility index (Phi) is 132. The van der Waals surface area contributed by atoms with Crippen LogP contribution in [0.15, 0.2) is 0 Å². The zero-order valence-electron chi connectivity index (χ0n) is 2.83. The van der Waals surface area contributed by atoms with Crippen molar-refractivity contribution in [3.63, 3.8) is 0 Å². The smallest absolute Gasteiger partial charge is 1.00 e. The molecule has 0 bridgehead atoms. The molecule has 0 fully saturated rings. The van der Waals surface area contributed by atoms with Gasteiger partial charge in [0, 0.05) is 0 Å². The molecule has 0 saturated carbocycles. The number of hydrogen-bond acceptors (Lipinski definition) is 1. The van der Waals surface area contributed by atoms with E-state index in [-0.39, 0.29) is 85.0 Å². The predicted octanol–water partition coefficient (Wildman–Crippen LogP) is -9.26. The van der Waals surface area contributed by atoms with Crippen molar-refractivity contribution in [2.75, 3.05) is 0 Å². The van der Waals surface area contributed by atoms with Crippen LogP contribution in [-0.4, -0.2) is 0 Å². The monoisotopic (exact) mass is 114 g/mol. The van der Waals surface area contributed by atoms with Gasteiger partial charge in [-0.25, -0.2) is 0 Å². The summed E-state index contributed by atoms with van der Waals surface area (Å²) in [6, 6.07) is 0. The van der Waals surface area contributed by atoms with Crippen molar-refractivity contribution in [3.8, 4) is 0 Å². The van der Waals surface area contributed by atoms with Gasteiger partial charge in [0.2, 0.25) is 0 Å². The molecule has 0 rings (SSSR count). The Morgan fingerprint density at radius 3 is 0.750 bits per heavy atom. The molecule has 0 N–H and O–H groups in total. The molecular formula is HClNa2S. The summed E-state index contributed by atoms with van der Waals surface area (Å²) in [5.41, 5.74) is 0. The maximum absolute atomic E-state index is 0. The van der Waals surface area contributed by atoms with E-state index >= 15 is 0 Å². The summed E-state index contributed by atoms with van der Waals surface area (Å²) < 4.78 is 0. The summed E-state index contributed by atoms with van der Waals surface area (Å²) in [6.07, 6.45) is 0. The maximum atomic E-state index is 0. The van der Waals surface area contributed by atoms with Gasteiger partial charge in [-0.15, -0.1) is 0 Å². The van der Waals surface area contributed by atoms with Crippen molar-refractivity contribution in [1.82, 2.24) is 0 Å². The van der Waals surface area contributed by atoms with E-state index in [1.807, 2.05) is 0 Å². The van der Waals surface area contributed by atoms with E-state index in [9.17, 15) is 0 Å². The van der Waals surface area contributed by atoms with Crippen LogP contribution in [0.25, 0.3) is 0 Å². The van der Waals surface area contributed by atoms with Gasteiger partial charge in [0.25, 0.3) is 0 Å². The maximum Gasteiger partial charge on any atom is 1.00 e. The number of thiol groups is 1. The van der Waals surface area contributed by atoms with Crippen molar-refractivity contribution >= 4 is 13.5 Å². The summed E-state index contributed by atoms with van der Waals surface area (Å²) in [6.45, 7) is 0. The fraction of sp³-hybridized carbons (Fsp3) is 0. The topological polar surface area (TPSA) is 0 Å². The molecule has 0 atom stereocenters. The molecule has 0 aliphatic heterocycles. The van der Waals surface area contributed by atoms with Gasteiger partial charge in [-0.1, -0.05) is 0 Å². The molecule has 0 heterocycles. The standard InChI is InChI=1S/ClH.2Na.H2S/h1H;;;1H2/q;2*+1;/p-2. The van der Waals surface area contributed by atoms with Gasteiger partial charge in [-0.05, 0) is 0 Å². The fourth-order valence-electron chi connectivity index (χ4n) is 0. The molecule has 0 unspecified atom stereocenters. The quantitative estimate of drug-likeness (QED) is 0.171. The Labute approximate surface area is 83.5 Å². The molecule has 0 saturated heterocycles. The molecule has 0 aromatic rings. The number of hydrogen-bond donors (Lipinski definition) is 0. The first-order chi connectivity index (χ1) is 0. The third-order valence-corrected chi connectivity index (χ3v) is 0. The van der Waals surface area contributed by atoms with E-state index < -0.39 is 0 Å². The summed E-state index contributed by atoms with van der Waals surface area (Å²) in [5.74, 6) is 0. The van der Waals surface area contributed by atoms with Gasteiger partial charge < -0.3 is 25.9 Å². The molecule has 16 valence electrons. The van der Waals surface area contributed by atoms with Crippen LogP contribution >= 0.6 is 0 Å². The minimum atomic E-state index is 0. The van der Waals surface area contributed by atoms with Crippen molar-refractivity contribution in [2.24, 2.45) is 0 Å².